The number of nitrogens with zero attached hydrogens (tertiary/aromatic N) is 3. The van der Waals surface area contributed by atoms with Gasteiger partial charge in [-0.2, -0.15) is 5.10 Å². The van der Waals surface area contributed by atoms with Gasteiger partial charge in [-0.3, -0.25) is 9.13 Å². The summed E-state index contributed by atoms with van der Waals surface area (Å²) in [4.78, 5) is 31.7. The number of hydrogen-bond donors (Lipinski definition) is 6. The van der Waals surface area contributed by atoms with Gasteiger partial charge in [0.2, 0.25) is 0 Å². The molecule has 37 heavy (non-hydrogen) atoms. The van der Waals surface area contributed by atoms with Crippen LogP contribution in [0.1, 0.15) is 24.8 Å². The largest absolute Gasteiger partial charge is 0.387 e. The van der Waals surface area contributed by atoms with Crippen LogP contribution in [0.25, 0.3) is 11.0 Å². The summed E-state index contributed by atoms with van der Waals surface area (Å²) in [5.74, 6) is -1.81. The van der Waals surface area contributed by atoms with Gasteiger partial charge >= 0.3 is 15.2 Å². The van der Waals surface area contributed by atoms with Gasteiger partial charge in [0.1, 0.15) is 29.3 Å². The number of hydrogen-bond acceptors (Lipinski definition) is 9. The summed E-state index contributed by atoms with van der Waals surface area (Å²) in [6, 6.07) is 7.31. The van der Waals surface area contributed by atoms with Crippen molar-refractivity contribution < 1.29 is 47.7 Å². The molecular weight excluding hydrogens is 557 g/mol. The maximum Gasteiger partial charge on any atom is 0.340 e. The molecule has 1 saturated heterocycles. The highest BCUT2D eigenvalue weighted by Crippen LogP contribution is 2.55. The Morgan fingerprint density at radius 1 is 1.24 bits per heavy atom. The van der Waals surface area contributed by atoms with Gasteiger partial charge in [-0.25, -0.2) is 14.1 Å². The Morgan fingerprint density at radius 2 is 1.95 bits per heavy atom. The molecular formula is C20H24ClFN4O9P2. The van der Waals surface area contributed by atoms with Gasteiger partial charge in [-0.05, 0) is 19.1 Å². The molecule has 2 aromatic heterocycles. The van der Waals surface area contributed by atoms with E-state index in [-0.39, 0.29) is 10.8 Å². The number of nitrogens with one attached hydrogen (secondary N) is 1. The van der Waals surface area contributed by atoms with Crippen LogP contribution in [-0.2, 0) is 18.4 Å². The smallest absolute Gasteiger partial charge is 0.340 e. The maximum atomic E-state index is 14.2. The molecule has 2 unspecified atom stereocenters. The lowest BCUT2D eigenvalue weighted by Gasteiger charge is -2.19. The van der Waals surface area contributed by atoms with E-state index < -0.39 is 64.1 Å². The number of halogens is 2. The molecule has 0 radical (unpaired) electrons. The molecule has 0 spiro atoms. The van der Waals surface area contributed by atoms with Crippen LogP contribution in [0.5, 0.6) is 0 Å². The summed E-state index contributed by atoms with van der Waals surface area (Å²) in [5.41, 5.74) is 1.03. The fraction of sp³-hybridized carbons (Fsp3) is 0.400. The monoisotopic (exact) mass is 580 g/mol. The van der Waals surface area contributed by atoms with Gasteiger partial charge in [0.05, 0.1) is 29.9 Å². The minimum Gasteiger partial charge on any atom is -0.387 e. The van der Waals surface area contributed by atoms with Crippen LogP contribution in [0.2, 0.25) is 5.15 Å². The van der Waals surface area contributed by atoms with Gasteiger partial charge in [0.15, 0.2) is 17.8 Å². The van der Waals surface area contributed by atoms with Crippen LogP contribution in [0.15, 0.2) is 36.5 Å². The molecule has 3 heterocycles. The van der Waals surface area contributed by atoms with Crippen molar-refractivity contribution in [2.45, 2.75) is 37.5 Å². The van der Waals surface area contributed by atoms with E-state index in [0.29, 0.717) is 16.6 Å². The van der Waals surface area contributed by atoms with Crippen molar-refractivity contribution in [3.63, 3.8) is 0 Å². The van der Waals surface area contributed by atoms with E-state index in [2.05, 4.69) is 15.4 Å². The Morgan fingerprint density at radius 3 is 2.62 bits per heavy atom. The predicted octanol–water partition coefficient (Wildman–Crippen LogP) is 2.35. The first-order valence-corrected chi connectivity index (χ1v) is 14.8. The number of pyridine rings is 1. The summed E-state index contributed by atoms with van der Waals surface area (Å²) < 4.78 is 48.6. The maximum absolute atomic E-state index is 14.2. The standard InChI is InChI=1S/C20H24ClFN4O9P2/c1-10(11-4-2-3-5-13(11)22)24-14-6-16(21)25-19-12(14)7-23-26(19)20-18(28)17(27)15(35-20)8-34-37(32,33)9-36(29,30)31/h2-7,10,15,17-18,20,27-28H,8-9H2,1H3,(H,24,25)(H,32,33)(H2,29,30,31)/t10?,15-,17-,18-,20-/m1/s1. The van der Waals surface area contributed by atoms with Crippen molar-refractivity contribution in [1.82, 2.24) is 14.8 Å². The summed E-state index contributed by atoms with van der Waals surface area (Å²) >= 11 is 6.20. The third kappa shape index (κ3) is 6.37. The number of benzene rings is 1. The third-order valence-corrected chi connectivity index (χ3v) is 9.31. The van der Waals surface area contributed by atoms with Gasteiger partial charge in [0.25, 0.3) is 0 Å². The van der Waals surface area contributed by atoms with Crippen molar-refractivity contribution in [1.29, 1.82) is 0 Å². The van der Waals surface area contributed by atoms with Gasteiger partial charge < -0.3 is 39.5 Å². The summed E-state index contributed by atoms with van der Waals surface area (Å²) in [7, 11) is -9.56. The molecule has 4 rings (SSSR count). The molecule has 1 aliphatic heterocycles. The van der Waals surface area contributed by atoms with E-state index in [0.717, 1.165) is 4.68 Å². The first-order valence-electron chi connectivity index (χ1n) is 10.8. The van der Waals surface area contributed by atoms with Gasteiger partial charge in [-0.1, -0.05) is 29.8 Å². The Kier molecular flexibility index (Phi) is 8.08. The molecule has 17 heteroatoms. The Labute approximate surface area is 214 Å². The SMILES string of the molecule is CC(Nc1cc(Cl)nc2c1cnn2[C@@H]1O[C@H](COP(=O)(O)CP(=O)(O)O)[C@@H](O)[C@H]1O)c1ccccc1F. The zero-order valence-corrected chi connectivity index (χ0v) is 21.7. The van der Waals surface area contributed by atoms with Crippen LogP contribution in [0.3, 0.4) is 0 Å². The number of rotatable bonds is 9. The zero-order chi connectivity index (χ0) is 27.1. The van der Waals surface area contributed by atoms with Crippen LogP contribution in [0, 0.1) is 5.82 Å². The van der Waals surface area contributed by atoms with Crippen molar-refractivity contribution in [3.05, 3.63) is 53.1 Å². The van der Waals surface area contributed by atoms with E-state index >= 15 is 0 Å². The molecule has 0 amide bonds. The molecule has 0 saturated carbocycles. The Hall–Kier alpha value is -1.96. The second kappa shape index (κ2) is 10.7. The normalized spacial score (nSPS) is 24.8. The topological polar surface area (TPSA) is 196 Å². The minimum atomic E-state index is -4.85. The second-order valence-electron chi connectivity index (χ2n) is 8.49. The second-order valence-corrected chi connectivity index (χ2v) is 12.9. The van der Waals surface area contributed by atoms with Crippen molar-refractivity contribution in [2.75, 3.05) is 17.8 Å². The minimum absolute atomic E-state index is 0.0454. The van der Waals surface area contributed by atoms with Gasteiger partial charge in [0, 0.05) is 5.56 Å². The number of aromatic nitrogens is 3. The first kappa shape index (κ1) is 28.1. The Balaban J connectivity index is 1.56. The van der Waals surface area contributed by atoms with Crippen molar-refractivity contribution >= 4 is 43.5 Å². The van der Waals surface area contributed by atoms with E-state index in [1.807, 2.05) is 0 Å². The number of fused-ring (bicyclic) bond motifs is 1. The van der Waals surface area contributed by atoms with E-state index in [1.54, 1.807) is 25.1 Å². The molecule has 1 aliphatic rings. The first-order chi connectivity index (χ1) is 17.3. The van der Waals surface area contributed by atoms with Crippen LogP contribution < -0.4 is 5.32 Å². The van der Waals surface area contributed by atoms with E-state index in [1.165, 1.54) is 18.3 Å². The van der Waals surface area contributed by atoms with E-state index in [9.17, 15) is 28.6 Å². The lowest BCUT2D eigenvalue weighted by molar-refractivity contribution is -0.0541. The average molecular weight is 581 g/mol. The third-order valence-electron chi connectivity index (χ3n) is 5.66. The summed E-state index contributed by atoms with van der Waals surface area (Å²) in [5, 5.41) is 28.8. The number of ether oxygens (including phenoxy) is 1. The molecule has 6 N–H and O–H groups in total. The lowest BCUT2D eigenvalue weighted by Crippen LogP contribution is -2.33. The predicted molar refractivity (Wildman–Crippen MR) is 130 cm³/mol. The zero-order valence-electron chi connectivity index (χ0n) is 19.1. The highest BCUT2D eigenvalue weighted by atomic mass is 35.5. The number of anilines is 1. The number of aliphatic hydroxyl groups is 2. The molecule has 1 fully saturated rings. The highest BCUT2D eigenvalue weighted by molar-refractivity contribution is 7.70. The number of aliphatic hydroxyl groups excluding tert-OH is 2. The molecule has 0 bridgehead atoms. The average Bonchev–Trinajstić information content (AvgIpc) is 3.32. The molecule has 3 aromatic rings. The molecule has 202 valence electrons. The van der Waals surface area contributed by atoms with Gasteiger partial charge in [-0.15, -0.1) is 0 Å². The van der Waals surface area contributed by atoms with E-state index in [4.69, 9.17) is 30.6 Å². The molecule has 13 nitrogen and oxygen atoms in total. The van der Waals surface area contributed by atoms with Crippen molar-refractivity contribution in [2.24, 2.45) is 0 Å². The fourth-order valence-corrected chi connectivity index (χ4v) is 6.72. The summed E-state index contributed by atoms with van der Waals surface area (Å²) in [6.07, 6.45) is -4.43. The summed E-state index contributed by atoms with van der Waals surface area (Å²) in [6.45, 7) is 1.00. The van der Waals surface area contributed by atoms with Crippen LogP contribution >= 0.6 is 26.8 Å². The lowest BCUT2D eigenvalue weighted by atomic mass is 10.1. The molecule has 6 atom stereocenters. The fourth-order valence-electron chi connectivity index (χ4n) is 3.96. The van der Waals surface area contributed by atoms with Crippen molar-refractivity contribution in [3.8, 4) is 0 Å². The molecule has 0 aliphatic carbocycles. The quantitative estimate of drug-likeness (QED) is 0.160. The van der Waals surface area contributed by atoms with Crippen LogP contribution in [0.4, 0.5) is 10.1 Å². The van der Waals surface area contributed by atoms with Crippen LogP contribution in [-0.4, -0.2) is 70.5 Å². The Bertz CT molecular complexity index is 1390. The highest BCUT2D eigenvalue weighted by Gasteiger charge is 2.46. The molecule has 1 aromatic carbocycles.